The third kappa shape index (κ3) is 3.93. The number of urea groups is 1. The van der Waals surface area contributed by atoms with E-state index in [1.165, 1.54) is 6.07 Å². The summed E-state index contributed by atoms with van der Waals surface area (Å²) in [6.45, 7) is 7.52. The predicted molar refractivity (Wildman–Crippen MR) is 87.8 cm³/mol. The summed E-state index contributed by atoms with van der Waals surface area (Å²) in [7, 11) is 0. The molecule has 0 aliphatic heterocycles. The van der Waals surface area contributed by atoms with Crippen LogP contribution in [-0.2, 0) is 5.54 Å². The number of nitrogens with two attached hydrogens (primary N) is 1. The fraction of sp³-hybridized carbons (Fsp3) is 0.312. The van der Waals surface area contributed by atoms with E-state index in [9.17, 15) is 18.4 Å². The van der Waals surface area contributed by atoms with Gasteiger partial charge in [0.05, 0.1) is 5.54 Å². The molecule has 3 amide bonds. The normalized spacial score (nSPS) is 11.3. The Balaban J connectivity index is 2.32. The minimum Gasteiger partial charge on any atom is -0.350 e. The maximum atomic E-state index is 13.9. The van der Waals surface area contributed by atoms with E-state index >= 15 is 0 Å². The van der Waals surface area contributed by atoms with Gasteiger partial charge in [0.25, 0.3) is 5.91 Å². The van der Waals surface area contributed by atoms with Gasteiger partial charge in [-0.25, -0.2) is 13.6 Å². The van der Waals surface area contributed by atoms with Crippen molar-refractivity contribution in [3.63, 3.8) is 0 Å². The van der Waals surface area contributed by atoms with Crippen LogP contribution in [0.2, 0.25) is 0 Å². The van der Waals surface area contributed by atoms with E-state index in [2.05, 4.69) is 10.5 Å². The van der Waals surface area contributed by atoms with E-state index in [4.69, 9.17) is 5.73 Å². The van der Waals surface area contributed by atoms with Crippen molar-refractivity contribution in [2.45, 2.75) is 33.2 Å². The summed E-state index contributed by atoms with van der Waals surface area (Å²) >= 11 is 0. The lowest BCUT2D eigenvalue weighted by molar-refractivity contribution is 0.0944. The molecule has 0 spiro atoms. The van der Waals surface area contributed by atoms with Gasteiger partial charge in [-0.05, 0) is 45.9 Å². The second-order valence-electron chi connectivity index (χ2n) is 6.46. The van der Waals surface area contributed by atoms with Crippen LogP contribution < -0.4 is 16.2 Å². The zero-order valence-electron chi connectivity index (χ0n) is 14.3. The molecule has 25 heavy (non-hydrogen) atoms. The zero-order chi connectivity index (χ0) is 18.9. The molecule has 7 nitrogen and oxygen atoms in total. The molecule has 0 radical (unpaired) electrons. The van der Waals surface area contributed by atoms with E-state index in [0.717, 1.165) is 17.8 Å². The molecule has 2 aromatic rings. The van der Waals surface area contributed by atoms with Crippen LogP contribution in [0.1, 0.15) is 37.0 Å². The third-order valence-corrected chi connectivity index (χ3v) is 3.34. The summed E-state index contributed by atoms with van der Waals surface area (Å²) in [6.07, 6.45) is 0. The molecule has 2 rings (SSSR count). The lowest BCUT2D eigenvalue weighted by Gasteiger charge is -2.22. The number of hydrazine groups is 1. The van der Waals surface area contributed by atoms with Gasteiger partial charge in [-0.3, -0.25) is 14.9 Å². The van der Waals surface area contributed by atoms with Crippen molar-refractivity contribution < 1.29 is 18.4 Å². The fourth-order valence-corrected chi connectivity index (χ4v) is 2.32. The third-order valence-electron chi connectivity index (χ3n) is 3.34. The molecule has 0 bridgehead atoms. The number of carbonyl (C=O) groups excluding carboxylic acids is 2. The molecule has 0 atom stereocenters. The number of carbonyl (C=O) groups is 2. The van der Waals surface area contributed by atoms with Gasteiger partial charge in [0.2, 0.25) is 0 Å². The van der Waals surface area contributed by atoms with Crippen molar-refractivity contribution in [2.24, 2.45) is 5.73 Å². The lowest BCUT2D eigenvalue weighted by atomic mass is 10.1. The Kier molecular flexibility index (Phi) is 4.78. The number of nitrogens with one attached hydrogen (secondary N) is 1. The molecule has 0 unspecified atom stereocenters. The Bertz CT molecular complexity index is 826. The van der Waals surface area contributed by atoms with E-state index < -0.39 is 23.6 Å². The minimum absolute atomic E-state index is 0.0289. The number of hydrogen-bond acceptors (Lipinski definition) is 3. The summed E-state index contributed by atoms with van der Waals surface area (Å²) in [6, 6.07) is 2.91. The topological polar surface area (TPSA) is 93.2 Å². The van der Waals surface area contributed by atoms with Crippen LogP contribution in [0.5, 0.6) is 0 Å². The van der Waals surface area contributed by atoms with Crippen molar-refractivity contribution in [1.82, 2.24) is 15.2 Å². The molecule has 0 saturated carbocycles. The maximum absolute atomic E-state index is 13.9. The smallest absolute Gasteiger partial charge is 0.338 e. The van der Waals surface area contributed by atoms with Gasteiger partial charge in [0.1, 0.15) is 11.5 Å². The number of primary amides is 1. The molecule has 1 aromatic carbocycles. The summed E-state index contributed by atoms with van der Waals surface area (Å²) in [5.41, 5.74) is 7.40. The van der Waals surface area contributed by atoms with Crippen molar-refractivity contribution in [1.29, 1.82) is 0 Å². The highest BCUT2D eigenvalue weighted by Gasteiger charge is 2.24. The number of aromatic nitrogens is 2. The number of amides is 3. The van der Waals surface area contributed by atoms with Gasteiger partial charge in [-0.15, -0.1) is 0 Å². The lowest BCUT2D eigenvalue weighted by Crippen LogP contribution is -2.49. The van der Waals surface area contributed by atoms with Crippen LogP contribution in [0, 0.1) is 18.6 Å². The zero-order valence-corrected chi connectivity index (χ0v) is 14.3. The van der Waals surface area contributed by atoms with Crippen molar-refractivity contribution in [2.75, 3.05) is 5.01 Å². The van der Waals surface area contributed by atoms with Crippen molar-refractivity contribution >= 4 is 17.6 Å². The highest BCUT2D eigenvalue weighted by Crippen LogP contribution is 2.20. The largest absolute Gasteiger partial charge is 0.350 e. The number of nitrogens with zero attached hydrogens (tertiary/aromatic N) is 3. The molecule has 1 heterocycles. The van der Waals surface area contributed by atoms with Crippen LogP contribution in [0.15, 0.2) is 24.3 Å². The van der Waals surface area contributed by atoms with Crippen molar-refractivity contribution in [3.8, 4) is 0 Å². The Morgan fingerprint density at radius 1 is 1.24 bits per heavy atom. The second-order valence-corrected chi connectivity index (χ2v) is 6.46. The van der Waals surface area contributed by atoms with Gasteiger partial charge in [0, 0.05) is 11.8 Å². The summed E-state index contributed by atoms with van der Waals surface area (Å²) < 4.78 is 28.5. The Morgan fingerprint density at radius 2 is 1.88 bits per heavy atom. The Hall–Kier alpha value is -2.97. The number of halogens is 2. The molecule has 0 aliphatic carbocycles. The second kappa shape index (κ2) is 6.50. The number of benzene rings is 1. The molecule has 3 N–H and O–H groups in total. The van der Waals surface area contributed by atoms with Crippen LogP contribution >= 0.6 is 0 Å². The van der Waals surface area contributed by atoms with E-state index in [-0.39, 0.29) is 16.9 Å². The minimum atomic E-state index is -1.13. The summed E-state index contributed by atoms with van der Waals surface area (Å²) in [5.74, 6) is -2.62. The van der Waals surface area contributed by atoms with Crippen LogP contribution in [0.3, 0.4) is 0 Å². The number of aryl methyl sites for hydroxylation is 1. The highest BCUT2D eigenvalue weighted by molar-refractivity contribution is 5.99. The van der Waals surface area contributed by atoms with Crippen LogP contribution in [-0.4, -0.2) is 21.7 Å². The van der Waals surface area contributed by atoms with Crippen molar-refractivity contribution in [3.05, 3.63) is 47.3 Å². The monoisotopic (exact) mass is 351 g/mol. The molecular formula is C16H19F2N5O2. The maximum Gasteiger partial charge on any atom is 0.338 e. The average molecular weight is 351 g/mol. The Morgan fingerprint density at radius 3 is 2.36 bits per heavy atom. The quantitative estimate of drug-likeness (QED) is 0.814. The predicted octanol–water partition coefficient (Wildman–Crippen LogP) is 2.45. The number of hydrogen-bond donors (Lipinski definition) is 2. The molecule has 0 fully saturated rings. The van der Waals surface area contributed by atoms with Gasteiger partial charge >= 0.3 is 6.03 Å². The summed E-state index contributed by atoms with van der Waals surface area (Å²) in [4.78, 5) is 24.0. The van der Waals surface area contributed by atoms with Gasteiger partial charge in [-0.2, -0.15) is 10.1 Å². The Labute approximate surface area is 143 Å². The molecule has 134 valence electrons. The highest BCUT2D eigenvalue weighted by atomic mass is 19.1. The van der Waals surface area contributed by atoms with E-state index in [1.807, 2.05) is 20.8 Å². The van der Waals surface area contributed by atoms with Gasteiger partial charge in [0.15, 0.2) is 11.5 Å². The van der Waals surface area contributed by atoms with Crippen LogP contribution in [0.25, 0.3) is 0 Å². The van der Waals surface area contributed by atoms with Crippen LogP contribution in [0.4, 0.5) is 19.3 Å². The molecular weight excluding hydrogens is 332 g/mol. The average Bonchev–Trinajstić information content (AvgIpc) is 2.87. The molecule has 9 heteroatoms. The first-order valence-electron chi connectivity index (χ1n) is 7.43. The van der Waals surface area contributed by atoms with Gasteiger partial charge < -0.3 is 5.73 Å². The standard InChI is InChI=1S/C16H19F2N5O2/c1-9-7-12(20-23(9)16(2,3)4)14(24)21-22(15(19)25)13-6-5-10(17)8-11(13)18/h5-8H,1-4H3,(H2,19,25)(H,21,24). The first-order chi connectivity index (χ1) is 11.5. The fourth-order valence-electron chi connectivity index (χ4n) is 2.32. The first kappa shape index (κ1) is 18.4. The molecule has 0 aliphatic rings. The molecule has 0 saturated heterocycles. The molecule has 1 aromatic heterocycles. The van der Waals surface area contributed by atoms with E-state index in [1.54, 1.807) is 11.6 Å². The summed E-state index contributed by atoms with van der Waals surface area (Å²) in [5, 5.41) is 4.70. The number of rotatable bonds is 2. The first-order valence-corrected chi connectivity index (χ1v) is 7.43. The van der Waals surface area contributed by atoms with Gasteiger partial charge in [-0.1, -0.05) is 0 Å². The van der Waals surface area contributed by atoms with E-state index in [0.29, 0.717) is 11.1 Å². The SMILES string of the molecule is Cc1cc(C(=O)NN(C(N)=O)c2ccc(F)cc2F)nn1C(C)(C)C. The number of anilines is 1.